The number of fused-ring (bicyclic) bond motifs is 2. The van der Waals surface area contributed by atoms with E-state index in [0.29, 0.717) is 17.7 Å². The number of hydrogen-bond donors (Lipinski definition) is 1. The Labute approximate surface area is 190 Å². The molecule has 4 atom stereocenters. The van der Waals surface area contributed by atoms with Crippen LogP contribution in [0.2, 0.25) is 0 Å². The van der Waals surface area contributed by atoms with Gasteiger partial charge in [-0.15, -0.1) is 0 Å². The van der Waals surface area contributed by atoms with E-state index in [1.807, 2.05) is 0 Å². The van der Waals surface area contributed by atoms with Crippen molar-refractivity contribution in [3.63, 3.8) is 0 Å². The molecular weight excluding hydrogens is 404 g/mol. The zero-order valence-electron chi connectivity index (χ0n) is 19.0. The fourth-order valence-corrected chi connectivity index (χ4v) is 5.27. The molecule has 0 radical (unpaired) electrons. The third kappa shape index (κ3) is 3.40. The number of methoxy groups -OCH3 is 1. The van der Waals surface area contributed by atoms with Gasteiger partial charge in [0.25, 0.3) is 0 Å². The zero-order chi connectivity index (χ0) is 23.4. The van der Waals surface area contributed by atoms with Crippen molar-refractivity contribution < 1.29 is 14.2 Å². The molecule has 2 fully saturated rings. The minimum Gasteiger partial charge on any atom is -0.497 e. The Morgan fingerprint density at radius 1 is 1.00 bits per heavy atom. The average molecular weight is 435 g/mol. The first kappa shape index (κ1) is 23.6. The molecule has 168 valence electrons. The van der Waals surface area contributed by atoms with Gasteiger partial charge in [0.15, 0.2) is 10.8 Å². The zero-order valence-corrected chi connectivity index (χ0v) is 19.0. The second kappa shape index (κ2) is 9.19. The van der Waals surface area contributed by atoms with E-state index in [0.717, 1.165) is 32.1 Å². The molecule has 0 amide bonds. The van der Waals surface area contributed by atoms with Crippen molar-refractivity contribution in [2.75, 3.05) is 7.11 Å². The van der Waals surface area contributed by atoms with Crippen molar-refractivity contribution >= 4 is 5.90 Å². The molecule has 2 aliphatic rings. The van der Waals surface area contributed by atoms with Crippen LogP contribution in [-0.4, -0.2) is 24.9 Å². The second-order valence-electron chi connectivity index (χ2n) is 8.77. The van der Waals surface area contributed by atoms with Gasteiger partial charge in [-0.2, -0.15) is 15.8 Å². The highest BCUT2D eigenvalue weighted by molar-refractivity contribution is 5.90. The minimum absolute atomic E-state index is 0.378. The quantitative estimate of drug-likeness (QED) is 0.533. The van der Waals surface area contributed by atoms with Crippen molar-refractivity contribution in [3.05, 3.63) is 29.8 Å². The number of nitriles is 3. The second-order valence-corrected chi connectivity index (χ2v) is 8.77. The molecule has 2 bridgehead atoms. The molecule has 1 aromatic rings. The van der Waals surface area contributed by atoms with Gasteiger partial charge in [0.05, 0.1) is 37.3 Å². The van der Waals surface area contributed by atoms with Crippen LogP contribution in [0.3, 0.4) is 0 Å². The van der Waals surface area contributed by atoms with E-state index >= 15 is 0 Å². The molecule has 1 N–H and O–H groups in total. The molecule has 32 heavy (non-hydrogen) atoms. The van der Waals surface area contributed by atoms with Gasteiger partial charge in [-0.3, -0.25) is 5.41 Å². The molecule has 7 nitrogen and oxygen atoms in total. The summed E-state index contributed by atoms with van der Waals surface area (Å²) in [5.74, 6) is -1.88. The fraction of sp³-hybridized carbons (Fsp3) is 0.600. The molecule has 1 aromatic carbocycles. The van der Waals surface area contributed by atoms with Crippen LogP contribution in [0.5, 0.6) is 5.75 Å². The Morgan fingerprint density at radius 3 is 2.19 bits per heavy atom. The maximum absolute atomic E-state index is 10.4. The average Bonchev–Trinajstić information content (AvgIpc) is 2.99. The van der Waals surface area contributed by atoms with Gasteiger partial charge in [-0.05, 0) is 24.1 Å². The van der Waals surface area contributed by atoms with Gasteiger partial charge in [0.2, 0.25) is 11.7 Å². The highest BCUT2D eigenvalue weighted by Crippen LogP contribution is 2.66. The topological polar surface area (TPSA) is 123 Å². The van der Waals surface area contributed by atoms with Crippen LogP contribution in [0.1, 0.15) is 70.3 Å². The summed E-state index contributed by atoms with van der Waals surface area (Å²) in [5.41, 5.74) is -2.97. The first-order valence-electron chi connectivity index (χ1n) is 11.2. The Bertz CT molecular complexity index is 957. The SMILES string of the molecule is CCCCCCCCC1OC2(C)OC(=N)C(C#N)(C2c2ccc(OC)cc2)C1(C#N)C#N. The molecule has 3 rings (SSSR count). The Balaban J connectivity index is 2.01. The van der Waals surface area contributed by atoms with Crippen molar-refractivity contribution in [1.82, 2.24) is 0 Å². The lowest BCUT2D eigenvalue weighted by Crippen LogP contribution is -2.60. The van der Waals surface area contributed by atoms with E-state index in [2.05, 4.69) is 25.1 Å². The van der Waals surface area contributed by atoms with E-state index in [1.165, 1.54) is 6.42 Å². The van der Waals surface area contributed by atoms with E-state index < -0.39 is 28.6 Å². The number of nitrogens with zero attached hydrogens (tertiary/aromatic N) is 3. The molecule has 0 aromatic heterocycles. The number of nitrogens with one attached hydrogen (secondary N) is 1. The van der Waals surface area contributed by atoms with Crippen LogP contribution < -0.4 is 4.74 Å². The van der Waals surface area contributed by atoms with Crippen LogP contribution in [0.4, 0.5) is 0 Å². The molecule has 2 aliphatic heterocycles. The largest absolute Gasteiger partial charge is 0.497 e. The van der Waals surface area contributed by atoms with Crippen LogP contribution >= 0.6 is 0 Å². The monoisotopic (exact) mass is 434 g/mol. The van der Waals surface area contributed by atoms with Crippen molar-refractivity contribution in [2.45, 2.75) is 76.6 Å². The third-order valence-electron chi connectivity index (χ3n) is 6.90. The minimum atomic E-state index is -1.86. The predicted octanol–water partition coefficient (Wildman–Crippen LogP) is 5.20. The first-order chi connectivity index (χ1) is 15.4. The molecule has 0 aliphatic carbocycles. The lowest BCUT2D eigenvalue weighted by Gasteiger charge is -2.49. The van der Waals surface area contributed by atoms with Crippen LogP contribution in [0.25, 0.3) is 0 Å². The highest BCUT2D eigenvalue weighted by Gasteiger charge is 2.79. The van der Waals surface area contributed by atoms with Crippen molar-refractivity contribution in [1.29, 1.82) is 21.2 Å². The molecule has 4 unspecified atom stereocenters. The summed E-state index contributed by atoms with van der Waals surface area (Å²) in [4.78, 5) is 0. The number of hydrogen-bond acceptors (Lipinski definition) is 7. The summed E-state index contributed by atoms with van der Waals surface area (Å²) >= 11 is 0. The summed E-state index contributed by atoms with van der Waals surface area (Å²) in [6, 6.07) is 13.5. The molecule has 7 heteroatoms. The van der Waals surface area contributed by atoms with Crippen molar-refractivity contribution in [2.24, 2.45) is 10.8 Å². The molecule has 0 spiro atoms. The summed E-state index contributed by atoms with van der Waals surface area (Å²) in [6.07, 6.45) is 5.94. The summed E-state index contributed by atoms with van der Waals surface area (Å²) in [7, 11) is 1.56. The first-order valence-corrected chi connectivity index (χ1v) is 11.2. The van der Waals surface area contributed by atoms with Crippen molar-refractivity contribution in [3.8, 4) is 24.0 Å². The lowest BCUT2D eigenvalue weighted by molar-refractivity contribution is -0.251. The van der Waals surface area contributed by atoms with Gasteiger partial charge >= 0.3 is 0 Å². The Kier molecular flexibility index (Phi) is 6.77. The summed E-state index contributed by atoms with van der Waals surface area (Å²) in [6.45, 7) is 3.86. The predicted molar refractivity (Wildman–Crippen MR) is 118 cm³/mol. The standard InChI is InChI=1S/C25H30N4O3/c1-4-5-6-7-8-9-10-20-24(15-26,16-27)25(17-28)21(23(2,31-20)32-22(25)29)18-11-13-19(30-3)14-12-18/h11-14,20-21,29H,4-10H2,1-3H3. The number of benzene rings is 1. The molecular formula is C25H30N4O3. The molecule has 2 heterocycles. The maximum atomic E-state index is 10.4. The highest BCUT2D eigenvalue weighted by atomic mass is 16.7. The lowest BCUT2D eigenvalue weighted by atomic mass is 9.52. The van der Waals surface area contributed by atoms with Crippen LogP contribution in [0.15, 0.2) is 24.3 Å². The Hall–Kier alpha value is -3.08. The van der Waals surface area contributed by atoms with Gasteiger partial charge in [-0.25, -0.2) is 0 Å². The third-order valence-corrected chi connectivity index (χ3v) is 6.90. The van der Waals surface area contributed by atoms with Gasteiger partial charge in [-0.1, -0.05) is 57.6 Å². The molecule has 2 saturated heterocycles. The smallest absolute Gasteiger partial charge is 0.218 e. The number of unbranched alkanes of at least 4 members (excludes halogenated alkanes) is 5. The maximum Gasteiger partial charge on any atom is 0.218 e. The van der Waals surface area contributed by atoms with Gasteiger partial charge in [0.1, 0.15) is 5.75 Å². The summed E-state index contributed by atoms with van der Waals surface area (Å²) < 4.78 is 17.4. The van der Waals surface area contributed by atoms with E-state index in [-0.39, 0.29) is 5.90 Å². The van der Waals surface area contributed by atoms with E-state index in [1.54, 1.807) is 38.3 Å². The fourth-order valence-electron chi connectivity index (χ4n) is 5.27. The van der Waals surface area contributed by atoms with Gasteiger partial charge in [0, 0.05) is 6.92 Å². The van der Waals surface area contributed by atoms with E-state index in [4.69, 9.17) is 19.6 Å². The summed E-state index contributed by atoms with van der Waals surface area (Å²) in [5, 5.41) is 39.6. The normalized spacial score (nSPS) is 29.9. The number of rotatable bonds is 9. The van der Waals surface area contributed by atoms with Crippen LogP contribution in [0, 0.1) is 50.2 Å². The number of ether oxygens (including phenoxy) is 3. The van der Waals surface area contributed by atoms with E-state index in [9.17, 15) is 15.8 Å². The van der Waals surface area contributed by atoms with Crippen LogP contribution in [-0.2, 0) is 9.47 Å². The molecule has 0 saturated carbocycles. The van der Waals surface area contributed by atoms with Gasteiger partial charge < -0.3 is 14.2 Å². The Morgan fingerprint density at radius 2 is 1.62 bits per heavy atom.